The van der Waals surface area contributed by atoms with Crippen LogP contribution in [0.5, 0.6) is 0 Å². The highest BCUT2D eigenvalue weighted by Crippen LogP contribution is 2.22. The fourth-order valence-electron chi connectivity index (χ4n) is 1.44. The van der Waals surface area contributed by atoms with Crippen molar-refractivity contribution in [1.29, 1.82) is 0 Å². The molecule has 0 bridgehead atoms. The van der Waals surface area contributed by atoms with Gasteiger partial charge in [-0.3, -0.25) is 9.59 Å². The molecule has 1 aliphatic heterocycles. The van der Waals surface area contributed by atoms with Crippen molar-refractivity contribution in [2.45, 2.75) is 11.7 Å². The Hall–Kier alpha value is -1.42. The monoisotopic (exact) mass is 403 g/mol. The third-order valence-corrected chi connectivity index (χ3v) is 4.15. The molecule has 1 fully saturated rings. The van der Waals surface area contributed by atoms with Crippen molar-refractivity contribution in [3.05, 3.63) is 33.4 Å². The van der Waals surface area contributed by atoms with Crippen molar-refractivity contribution < 1.29 is 14.7 Å². The second kappa shape index (κ2) is 6.84. The molecular formula is C12H10IN3O3S. The number of hydrogen-bond donors (Lipinski definition) is 2. The summed E-state index contributed by atoms with van der Waals surface area (Å²) in [6.07, 6.45) is 1.34. The molecule has 8 heteroatoms. The maximum Gasteiger partial charge on any atom is 0.305 e. The Morgan fingerprint density at radius 2 is 2.15 bits per heavy atom. The second-order valence-electron chi connectivity index (χ2n) is 3.89. The van der Waals surface area contributed by atoms with Gasteiger partial charge in [-0.2, -0.15) is 5.10 Å². The number of benzene rings is 1. The lowest BCUT2D eigenvalue weighted by molar-refractivity contribution is -0.138. The third-order valence-electron chi connectivity index (χ3n) is 2.36. The molecule has 1 aromatic rings. The van der Waals surface area contributed by atoms with Crippen LogP contribution in [0.15, 0.2) is 34.5 Å². The average molecular weight is 403 g/mol. The Morgan fingerprint density at radius 1 is 1.45 bits per heavy atom. The fraction of sp³-hybridized carbons (Fsp3) is 0.167. The van der Waals surface area contributed by atoms with E-state index in [0.29, 0.717) is 5.17 Å². The number of aliphatic carboxylic acids is 1. The predicted octanol–water partition coefficient (Wildman–Crippen LogP) is 1.69. The van der Waals surface area contributed by atoms with Gasteiger partial charge in [0.1, 0.15) is 5.25 Å². The molecule has 1 aromatic carbocycles. The van der Waals surface area contributed by atoms with Gasteiger partial charge >= 0.3 is 5.97 Å². The molecule has 1 aliphatic rings. The van der Waals surface area contributed by atoms with Crippen LogP contribution in [0.3, 0.4) is 0 Å². The van der Waals surface area contributed by atoms with E-state index >= 15 is 0 Å². The largest absolute Gasteiger partial charge is 0.481 e. The van der Waals surface area contributed by atoms with Gasteiger partial charge in [-0.15, -0.1) is 5.10 Å². The average Bonchev–Trinajstić information content (AvgIpc) is 2.72. The summed E-state index contributed by atoms with van der Waals surface area (Å²) in [5.41, 5.74) is 0.895. The zero-order valence-corrected chi connectivity index (χ0v) is 13.1. The number of carboxylic acids is 1. The number of carbonyl (C=O) groups is 2. The molecule has 6 nitrogen and oxygen atoms in total. The van der Waals surface area contributed by atoms with Crippen LogP contribution in [0, 0.1) is 3.57 Å². The fourth-order valence-corrected chi connectivity index (χ4v) is 2.72. The molecule has 1 heterocycles. The highest BCUT2D eigenvalue weighted by atomic mass is 127. The number of hydrogen-bond acceptors (Lipinski definition) is 5. The highest BCUT2D eigenvalue weighted by molar-refractivity contribution is 14.1. The molecule has 0 radical (unpaired) electrons. The quantitative estimate of drug-likeness (QED) is 0.455. The van der Waals surface area contributed by atoms with Gasteiger partial charge in [0.15, 0.2) is 5.17 Å². The lowest BCUT2D eigenvalue weighted by atomic mass is 10.2. The summed E-state index contributed by atoms with van der Waals surface area (Å²) in [5, 5.41) is 18.6. The number of amidine groups is 1. The van der Waals surface area contributed by atoms with Gasteiger partial charge in [-0.25, -0.2) is 0 Å². The van der Waals surface area contributed by atoms with Crippen molar-refractivity contribution >= 4 is 57.6 Å². The first-order valence-electron chi connectivity index (χ1n) is 5.60. The van der Waals surface area contributed by atoms with Crippen LogP contribution >= 0.6 is 34.4 Å². The molecule has 1 amide bonds. The third kappa shape index (κ3) is 4.30. The van der Waals surface area contributed by atoms with Crippen LogP contribution in [0.25, 0.3) is 0 Å². The number of nitrogens with one attached hydrogen (secondary N) is 1. The van der Waals surface area contributed by atoms with Crippen LogP contribution < -0.4 is 5.32 Å². The van der Waals surface area contributed by atoms with E-state index in [9.17, 15) is 9.59 Å². The number of rotatable bonds is 4. The summed E-state index contributed by atoms with van der Waals surface area (Å²) in [6.45, 7) is 0. The zero-order chi connectivity index (χ0) is 14.5. The Morgan fingerprint density at radius 3 is 2.80 bits per heavy atom. The minimum absolute atomic E-state index is 0.226. The summed E-state index contributed by atoms with van der Waals surface area (Å²) in [4.78, 5) is 22.0. The molecule has 1 unspecified atom stereocenters. The van der Waals surface area contributed by atoms with E-state index in [0.717, 1.165) is 20.9 Å². The van der Waals surface area contributed by atoms with Crippen molar-refractivity contribution in [3.8, 4) is 0 Å². The van der Waals surface area contributed by atoms with E-state index in [-0.39, 0.29) is 12.3 Å². The summed E-state index contributed by atoms with van der Waals surface area (Å²) in [6, 6.07) is 7.70. The molecule has 0 aromatic heterocycles. The minimum Gasteiger partial charge on any atom is -0.481 e. The maximum atomic E-state index is 11.5. The predicted molar refractivity (Wildman–Crippen MR) is 86.0 cm³/mol. The Labute approximate surface area is 132 Å². The van der Waals surface area contributed by atoms with Crippen molar-refractivity contribution in [2.75, 3.05) is 0 Å². The lowest BCUT2D eigenvalue weighted by Gasteiger charge is -1.97. The van der Waals surface area contributed by atoms with Crippen molar-refractivity contribution in [3.63, 3.8) is 0 Å². The van der Waals surface area contributed by atoms with Gasteiger partial charge in [-0.1, -0.05) is 23.9 Å². The first-order valence-corrected chi connectivity index (χ1v) is 7.56. The number of nitrogens with zero attached hydrogens (tertiary/aromatic N) is 2. The van der Waals surface area contributed by atoms with E-state index in [1.807, 2.05) is 24.3 Å². The van der Waals surface area contributed by atoms with Crippen LogP contribution in [0.4, 0.5) is 0 Å². The molecule has 104 valence electrons. The van der Waals surface area contributed by atoms with Gasteiger partial charge in [0.25, 0.3) is 0 Å². The molecule has 2 rings (SSSR count). The van der Waals surface area contributed by atoms with Gasteiger partial charge < -0.3 is 10.4 Å². The van der Waals surface area contributed by atoms with Crippen LogP contribution in [-0.4, -0.2) is 33.6 Å². The summed E-state index contributed by atoms with van der Waals surface area (Å²) in [5.74, 6) is -1.36. The van der Waals surface area contributed by atoms with Crippen LogP contribution in [0.2, 0.25) is 0 Å². The number of carbonyl (C=O) groups excluding carboxylic acids is 1. The number of carboxylic acid groups (broad SMARTS) is 1. The smallest absolute Gasteiger partial charge is 0.305 e. The Kier molecular flexibility index (Phi) is 5.12. The summed E-state index contributed by atoms with van der Waals surface area (Å²) >= 11 is 3.29. The van der Waals surface area contributed by atoms with E-state index < -0.39 is 11.2 Å². The molecule has 0 spiro atoms. The molecule has 2 N–H and O–H groups in total. The van der Waals surface area contributed by atoms with Gasteiger partial charge in [0.2, 0.25) is 5.91 Å². The second-order valence-corrected chi connectivity index (χ2v) is 6.33. The van der Waals surface area contributed by atoms with Crippen molar-refractivity contribution in [1.82, 2.24) is 5.32 Å². The van der Waals surface area contributed by atoms with E-state index in [1.165, 1.54) is 0 Å². The standard InChI is InChI=1S/C12H10IN3O3S/c13-8-3-1-7(2-4-8)6-14-16-12-15-11(19)9(20-12)5-10(17)18/h1-4,6,9H,5H2,(H,17,18)(H,15,16,19). The SMILES string of the molecule is O=C(O)CC1SC(=NN=Cc2ccc(I)cc2)NC1=O. The number of thioether (sulfide) groups is 1. The first-order chi connectivity index (χ1) is 9.54. The van der Waals surface area contributed by atoms with Gasteiger partial charge in [-0.05, 0) is 40.3 Å². The molecular weight excluding hydrogens is 393 g/mol. The van der Waals surface area contributed by atoms with Gasteiger partial charge in [0.05, 0.1) is 12.6 Å². The van der Waals surface area contributed by atoms with Crippen LogP contribution in [0.1, 0.15) is 12.0 Å². The van der Waals surface area contributed by atoms with E-state index in [4.69, 9.17) is 5.11 Å². The number of amides is 1. The molecule has 1 saturated heterocycles. The molecule has 1 atom stereocenters. The van der Waals surface area contributed by atoms with E-state index in [1.54, 1.807) is 6.21 Å². The van der Waals surface area contributed by atoms with Gasteiger partial charge in [0, 0.05) is 3.57 Å². The van der Waals surface area contributed by atoms with E-state index in [2.05, 4.69) is 38.1 Å². The number of halogens is 1. The minimum atomic E-state index is -1.01. The molecule has 20 heavy (non-hydrogen) atoms. The van der Waals surface area contributed by atoms with Crippen LogP contribution in [-0.2, 0) is 9.59 Å². The highest BCUT2D eigenvalue weighted by Gasteiger charge is 2.32. The zero-order valence-electron chi connectivity index (χ0n) is 10.1. The maximum absolute atomic E-state index is 11.5. The summed E-state index contributed by atoms with van der Waals surface area (Å²) < 4.78 is 1.13. The molecule has 0 saturated carbocycles. The Balaban J connectivity index is 1.97. The lowest BCUT2D eigenvalue weighted by Crippen LogP contribution is -2.26. The Bertz CT molecular complexity index is 586. The van der Waals surface area contributed by atoms with Crippen molar-refractivity contribution in [2.24, 2.45) is 10.2 Å². The summed E-state index contributed by atoms with van der Waals surface area (Å²) in [7, 11) is 0. The first kappa shape index (κ1) is 15.0. The topological polar surface area (TPSA) is 91.1 Å². The molecule has 0 aliphatic carbocycles. The normalized spacial score (nSPS) is 20.6.